The molecule has 5 heteroatoms. The Morgan fingerprint density at radius 2 is 1.95 bits per heavy atom. The van der Waals surface area contributed by atoms with Crippen molar-refractivity contribution in [3.05, 3.63) is 37.0 Å². The van der Waals surface area contributed by atoms with E-state index in [1.165, 1.54) is 0 Å². The molecule has 5 unspecified atom stereocenters. The quantitative estimate of drug-likeness (QED) is 0.434. The van der Waals surface area contributed by atoms with Crippen LogP contribution in [-0.2, 0) is 19.1 Å². The maximum absolute atomic E-state index is 11.7. The van der Waals surface area contributed by atoms with E-state index in [4.69, 9.17) is 9.47 Å². The van der Waals surface area contributed by atoms with Gasteiger partial charge in [0, 0.05) is 22.5 Å². The molecule has 3 rings (SSSR count). The summed E-state index contributed by atoms with van der Waals surface area (Å²) in [6, 6.07) is 0. The molecule has 2 aliphatic heterocycles. The number of carbonyl (C=O) groups excluding carboxylic acids is 2. The third-order valence-electron chi connectivity index (χ3n) is 4.75. The zero-order chi connectivity index (χ0) is 14.7. The van der Waals surface area contributed by atoms with Crippen molar-refractivity contribution >= 4 is 11.9 Å². The lowest BCUT2D eigenvalue weighted by Crippen LogP contribution is -2.56. The standard InChI is InChI=1S/C15H16O5/c1-4-15-5-9-10(7(2)14(18)20-9)12(16)11(15)8(3)13(17)19-6-15/h4,9-12,16H,1-3,5-6H2. The zero-order valence-electron chi connectivity index (χ0n) is 11.0. The number of fused-ring (bicyclic) bond motifs is 2. The molecule has 3 aliphatic rings. The van der Waals surface area contributed by atoms with Crippen molar-refractivity contribution in [3.8, 4) is 0 Å². The summed E-state index contributed by atoms with van der Waals surface area (Å²) in [5, 5.41) is 10.6. The molecule has 3 fully saturated rings. The second-order valence-corrected chi connectivity index (χ2v) is 5.71. The Hall–Kier alpha value is -1.88. The molecule has 0 aromatic carbocycles. The van der Waals surface area contributed by atoms with Gasteiger partial charge in [-0.15, -0.1) is 6.58 Å². The first kappa shape index (κ1) is 13.1. The van der Waals surface area contributed by atoms with Crippen LogP contribution in [0, 0.1) is 17.3 Å². The molecule has 1 aliphatic carbocycles. The predicted octanol–water partition coefficient (Wildman–Crippen LogP) is 0.750. The fourth-order valence-corrected chi connectivity index (χ4v) is 3.68. The second-order valence-electron chi connectivity index (χ2n) is 5.71. The Bertz CT molecular complexity index is 548. The number of hydrogen-bond donors (Lipinski definition) is 1. The van der Waals surface area contributed by atoms with Crippen molar-refractivity contribution in [3.63, 3.8) is 0 Å². The summed E-state index contributed by atoms with van der Waals surface area (Å²) in [6.07, 6.45) is 0.707. The zero-order valence-corrected chi connectivity index (χ0v) is 11.0. The minimum absolute atomic E-state index is 0.114. The van der Waals surface area contributed by atoms with Gasteiger partial charge in [0.05, 0.1) is 12.0 Å². The van der Waals surface area contributed by atoms with E-state index in [0.29, 0.717) is 6.42 Å². The molecular weight excluding hydrogens is 260 g/mol. The maximum Gasteiger partial charge on any atom is 0.334 e. The average Bonchev–Trinajstić information content (AvgIpc) is 2.69. The Balaban J connectivity index is 2.06. The Kier molecular flexibility index (Phi) is 2.66. The molecule has 1 N–H and O–H groups in total. The van der Waals surface area contributed by atoms with Gasteiger partial charge in [-0.3, -0.25) is 0 Å². The van der Waals surface area contributed by atoms with Crippen LogP contribution in [0.5, 0.6) is 0 Å². The van der Waals surface area contributed by atoms with Crippen LogP contribution in [0.2, 0.25) is 0 Å². The summed E-state index contributed by atoms with van der Waals surface area (Å²) in [5.74, 6) is -2.02. The molecule has 0 amide bonds. The van der Waals surface area contributed by atoms with E-state index < -0.39 is 41.4 Å². The van der Waals surface area contributed by atoms with Crippen molar-refractivity contribution < 1.29 is 24.2 Å². The van der Waals surface area contributed by atoms with E-state index in [2.05, 4.69) is 19.7 Å². The topological polar surface area (TPSA) is 72.8 Å². The highest BCUT2D eigenvalue weighted by molar-refractivity contribution is 5.92. The van der Waals surface area contributed by atoms with Crippen molar-refractivity contribution in [1.82, 2.24) is 0 Å². The second kappa shape index (κ2) is 4.06. The lowest BCUT2D eigenvalue weighted by atomic mass is 9.57. The Morgan fingerprint density at radius 3 is 2.60 bits per heavy atom. The highest BCUT2D eigenvalue weighted by atomic mass is 16.6. The third-order valence-corrected chi connectivity index (χ3v) is 4.75. The number of ether oxygens (including phenoxy) is 2. The van der Waals surface area contributed by atoms with Gasteiger partial charge in [-0.25, -0.2) is 9.59 Å². The van der Waals surface area contributed by atoms with Gasteiger partial charge in [-0.05, 0) is 6.42 Å². The molecule has 2 heterocycles. The largest absolute Gasteiger partial charge is 0.461 e. The Labute approximate surface area is 116 Å². The summed E-state index contributed by atoms with van der Waals surface area (Å²) >= 11 is 0. The van der Waals surface area contributed by atoms with E-state index in [0.717, 1.165) is 0 Å². The highest BCUT2D eigenvalue weighted by Gasteiger charge is 2.60. The summed E-state index contributed by atoms with van der Waals surface area (Å²) < 4.78 is 10.4. The molecule has 1 saturated carbocycles. The lowest BCUT2D eigenvalue weighted by Gasteiger charge is -2.50. The van der Waals surface area contributed by atoms with Crippen molar-refractivity contribution in [2.24, 2.45) is 17.3 Å². The van der Waals surface area contributed by atoms with E-state index in [1.807, 2.05) is 0 Å². The van der Waals surface area contributed by atoms with Gasteiger partial charge in [0.1, 0.15) is 12.7 Å². The molecular formula is C15H16O5. The smallest absolute Gasteiger partial charge is 0.334 e. The summed E-state index contributed by atoms with van der Waals surface area (Å²) in [6.45, 7) is 11.4. The minimum atomic E-state index is -0.953. The first-order chi connectivity index (χ1) is 9.41. The van der Waals surface area contributed by atoms with Crippen molar-refractivity contribution in [2.45, 2.75) is 18.6 Å². The monoisotopic (exact) mass is 276 g/mol. The van der Waals surface area contributed by atoms with E-state index in [-0.39, 0.29) is 17.8 Å². The van der Waals surface area contributed by atoms with Gasteiger partial charge in [0.25, 0.3) is 0 Å². The predicted molar refractivity (Wildman–Crippen MR) is 69.4 cm³/mol. The summed E-state index contributed by atoms with van der Waals surface area (Å²) in [7, 11) is 0. The Morgan fingerprint density at radius 1 is 1.25 bits per heavy atom. The summed E-state index contributed by atoms with van der Waals surface area (Å²) in [5.41, 5.74) is -0.169. The normalized spacial score (nSPS) is 43.5. The van der Waals surface area contributed by atoms with Crippen LogP contribution in [0.25, 0.3) is 0 Å². The van der Waals surface area contributed by atoms with E-state index >= 15 is 0 Å². The molecule has 0 radical (unpaired) electrons. The minimum Gasteiger partial charge on any atom is -0.461 e. The molecule has 5 atom stereocenters. The number of aliphatic hydroxyl groups excluding tert-OH is 1. The number of rotatable bonds is 1. The number of aliphatic hydroxyl groups is 1. The van der Waals surface area contributed by atoms with Crippen LogP contribution in [-0.4, -0.2) is 35.9 Å². The van der Waals surface area contributed by atoms with Gasteiger partial charge < -0.3 is 14.6 Å². The molecule has 5 nitrogen and oxygen atoms in total. The summed E-state index contributed by atoms with van der Waals surface area (Å²) in [4.78, 5) is 23.4. The van der Waals surface area contributed by atoms with E-state index in [1.54, 1.807) is 6.08 Å². The molecule has 106 valence electrons. The SMILES string of the molecule is C=CC12COC(=O)C(=C)C1C(O)C1C(=C)C(=O)OC1C2. The van der Waals surface area contributed by atoms with Crippen LogP contribution >= 0.6 is 0 Å². The van der Waals surface area contributed by atoms with Gasteiger partial charge in [-0.2, -0.15) is 0 Å². The first-order valence-electron chi connectivity index (χ1n) is 6.48. The molecule has 0 aromatic rings. The van der Waals surface area contributed by atoms with Crippen LogP contribution in [0.1, 0.15) is 6.42 Å². The van der Waals surface area contributed by atoms with Crippen LogP contribution in [0.4, 0.5) is 0 Å². The fourth-order valence-electron chi connectivity index (χ4n) is 3.68. The fraction of sp³-hybridized carbons (Fsp3) is 0.467. The molecule has 0 aromatic heterocycles. The third kappa shape index (κ3) is 1.47. The van der Waals surface area contributed by atoms with Gasteiger partial charge in [0.2, 0.25) is 0 Å². The van der Waals surface area contributed by atoms with Gasteiger partial charge >= 0.3 is 11.9 Å². The highest BCUT2D eigenvalue weighted by Crippen LogP contribution is 2.54. The van der Waals surface area contributed by atoms with Crippen LogP contribution in [0.15, 0.2) is 37.0 Å². The number of cyclic esters (lactones) is 1. The van der Waals surface area contributed by atoms with Gasteiger partial charge in [-0.1, -0.05) is 19.2 Å². The molecule has 0 spiro atoms. The van der Waals surface area contributed by atoms with Crippen molar-refractivity contribution in [1.29, 1.82) is 0 Å². The molecule has 0 bridgehead atoms. The van der Waals surface area contributed by atoms with Gasteiger partial charge in [0.15, 0.2) is 0 Å². The molecule has 20 heavy (non-hydrogen) atoms. The van der Waals surface area contributed by atoms with Crippen LogP contribution in [0.3, 0.4) is 0 Å². The number of hydrogen-bond acceptors (Lipinski definition) is 5. The first-order valence-corrected chi connectivity index (χ1v) is 6.48. The lowest BCUT2D eigenvalue weighted by molar-refractivity contribution is -0.166. The maximum atomic E-state index is 11.7. The average molecular weight is 276 g/mol. The van der Waals surface area contributed by atoms with Crippen molar-refractivity contribution in [2.75, 3.05) is 6.61 Å². The number of carbonyl (C=O) groups is 2. The van der Waals surface area contributed by atoms with Crippen LogP contribution < -0.4 is 0 Å². The number of esters is 2. The van der Waals surface area contributed by atoms with E-state index in [9.17, 15) is 14.7 Å². The molecule has 2 saturated heterocycles.